The van der Waals surface area contributed by atoms with Crippen LogP contribution in [0.5, 0.6) is 11.5 Å². The van der Waals surface area contributed by atoms with Crippen molar-refractivity contribution in [3.05, 3.63) is 53.6 Å². The smallest absolute Gasteiger partial charge is 0.244 e. The van der Waals surface area contributed by atoms with Crippen molar-refractivity contribution in [2.45, 2.75) is 46.2 Å². The van der Waals surface area contributed by atoms with E-state index in [4.69, 9.17) is 9.47 Å². The number of anilines is 1. The first-order valence-electron chi connectivity index (χ1n) is 11.6. The summed E-state index contributed by atoms with van der Waals surface area (Å²) in [6, 6.07) is 11.5. The largest absolute Gasteiger partial charge is 0.454 e. The van der Waals surface area contributed by atoms with Crippen molar-refractivity contribution in [2.75, 3.05) is 30.4 Å². The Morgan fingerprint density at radius 1 is 1.11 bits per heavy atom. The van der Waals surface area contributed by atoms with Crippen LogP contribution < -0.4 is 19.1 Å². The van der Waals surface area contributed by atoms with E-state index in [0.717, 1.165) is 34.5 Å². The molecule has 2 aromatic carbocycles. The second-order valence-electron chi connectivity index (χ2n) is 8.58. The number of amides is 2. The molecule has 0 fully saturated rings. The monoisotopic (exact) mass is 503 g/mol. The summed E-state index contributed by atoms with van der Waals surface area (Å²) in [5.41, 5.74) is 2.13. The van der Waals surface area contributed by atoms with E-state index in [1.807, 2.05) is 38.1 Å². The molecule has 1 atom stereocenters. The predicted octanol–water partition coefficient (Wildman–Crippen LogP) is 2.82. The van der Waals surface area contributed by atoms with Crippen molar-refractivity contribution in [3.63, 3.8) is 0 Å². The lowest BCUT2D eigenvalue weighted by Crippen LogP contribution is -2.51. The van der Waals surface area contributed by atoms with E-state index in [1.54, 1.807) is 19.1 Å². The first-order chi connectivity index (χ1) is 16.6. The molecule has 1 aliphatic rings. The number of sulfonamides is 1. The molecule has 0 spiro atoms. The second-order valence-corrected chi connectivity index (χ2v) is 10.5. The Morgan fingerprint density at radius 2 is 1.83 bits per heavy atom. The van der Waals surface area contributed by atoms with Crippen LogP contribution in [0.15, 0.2) is 42.5 Å². The summed E-state index contributed by atoms with van der Waals surface area (Å²) in [5, 5.41) is 2.87. The molecule has 1 heterocycles. The number of ether oxygens (including phenoxy) is 2. The van der Waals surface area contributed by atoms with Gasteiger partial charge in [-0.25, -0.2) is 8.42 Å². The molecule has 0 saturated carbocycles. The topological polar surface area (TPSA) is 105 Å². The van der Waals surface area contributed by atoms with Gasteiger partial charge in [0, 0.05) is 19.2 Å². The average Bonchev–Trinajstić information content (AvgIpc) is 3.28. The summed E-state index contributed by atoms with van der Waals surface area (Å²) >= 11 is 0. The normalized spacial score (nSPS) is 13.3. The van der Waals surface area contributed by atoms with Crippen LogP contribution in [0.3, 0.4) is 0 Å². The zero-order chi connectivity index (χ0) is 25.6. The van der Waals surface area contributed by atoms with Crippen molar-refractivity contribution >= 4 is 27.5 Å². The van der Waals surface area contributed by atoms with Crippen LogP contribution in [0.4, 0.5) is 5.69 Å². The summed E-state index contributed by atoms with van der Waals surface area (Å²) in [7, 11) is -3.82. The molecular weight excluding hydrogens is 470 g/mol. The van der Waals surface area contributed by atoms with Crippen LogP contribution >= 0.6 is 0 Å². The van der Waals surface area contributed by atoms with Gasteiger partial charge in [0.2, 0.25) is 28.6 Å². The number of hydrogen-bond donors (Lipinski definition) is 1. The molecule has 190 valence electrons. The number of unbranched alkanes of at least 4 members (excludes halogenated alkanes) is 1. The first kappa shape index (κ1) is 26.3. The number of hydrogen-bond acceptors (Lipinski definition) is 6. The number of fused-ring (bicyclic) bond motifs is 1. The van der Waals surface area contributed by atoms with Crippen LogP contribution in [-0.2, 0) is 26.2 Å². The molecule has 1 aliphatic heterocycles. The fourth-order valence-electron chi connectivity index (χ4n) is 3.74. The maximum absolute atomic E-state index is 13.6. The number of nitrogens with zero attached hydrogens (tertiary/aromatic N) is 2. The van der Waals surface area contributed by atoms with Gasteiger partial charge >= 0.3 is 0 Å². The summed E-state index contributed by atoms with van der Waals surface area (Å²) in [4.78, 5) is 27.9. The highest BCUT2D eigenvalue weighted by molar-refractivity contribution is 7.92. The van der Waals surface area contributed by atoms with E-state index in [9.17, 15) is 18.0 Å². The Bertz CT molecular complexity index is 1170. The lowest BCUT2D eigenvalue weighted by molar-refractivity contribution is -0.139. The SMILES string of the molecule is CCCCNC(=O)C(C)N(Cc1ccccc1C)C(=O)CN(c1ccc2c(c1)OCO2)S(C)(=O)=O. The fourth-order valence-corrected chi connectivity index (χ4v) is 4.59. The standard InChI is InChI=1S/C25H33N3O6S/c1-5-6-13-26-25(30)19(3)27(15-20-10-8-7-9-18(20)2)24(29)16-28(35(4,31)32)21-11-12-22-23(14-21)34-17-33-22/h7-12,14,19H,5-6,13,15-17H2,1-4H3,(H,26,30). The summed E-state index contributed by atoms with van der Waals surface area (Å²) in [5.74, 6) is 0.139. The number of carbonyl (C=O) groups excluding carboxylic acids is 2. The van der Waals surface area contributed by atoms with Gasteiger partial charge in [-0.3, -0.25) is 13.9 Å². The fraction of sp³-hybridized carbons (Fsp3) is 0.440. The maximum atomic E-state index is 13.6. The molecule has 9 nitrogen and oxygen atoms in total. The van der Waals surface area contributed by atoms with Gasteiger partial charge in [0.15, 0.2) is 11.5 Å². The summed E-state index contributed by atoms with van der Waals surface area (Å²) in [6.45, 7) is 5.88. The zero-order valence-corrected chi connectivity index (χ0v) is 21.4. The summed E-state index contributed by atoms with van der Waals surface area (Å²) in [6.07, 6.45) is 2.80. The molecule has 0 aromatic heterocycles. The van der Waals surface area contributed by atoms with Gasteiger partial charge < -0.3 is 19.7 Å². The molecule has 0 aliphatic carbocycles. The van der Waals surface area contributed by atoms with Crippen LogP contribution in [0.2, 0.25) is 0 Å². The van der Waals surface area contributed by atoms with Crippen molar-refractivity contribution in [2.24, 2.45) is 0 Å². The molecule has 2 aromatic rings. The van der Waals surface area contributed by atoms with Crippen LogP contribution in [0, 0.1) is 6.92 Å². The third-order valence-electron chi connectivity index (χ3n) is 5.92. The van der Waals surface area contributed by atoms with E-state index < -0.39 is 28.5 Å². The van der Waals surface area contributed by atoms with E-state index in [0.29, 0.717) is 18.0 Å². The number of benzene rings is 2. The minimum absolute atomic E-state index is 0.0471. The number of aryl methyl sites for hydroxylation is 1. The number of carbonyl (C=O) groups is 2. The van der Waals surface area contributed by atoms with Crippen LogP contribution in [0.25, 0.3) is 0 Å². The van der Waals surface area contributed by atoms with Gasteiger partial charge in [0.05, 0.1) is 11.9 Å². The quantitative estimate of drug-likeness (QED) is 0.473. The van der Waals surface area contributed by atoms with Crippen molar-refractivity contribution in [3.8, 4) is 11.5 Å². The molecule has 1 unspecified atom stereocenters. The Labute approximate surface area is 207 Å². The van der Waals surface area contributed by atoms with Gasteiger partial charge in [0.1, 0.15) is 12.6 Å². The van der Waals surface area contributed by atoms with E-state index >= 15 is 0 Å². The third-order valence-corrected chi connectivity index (χ3v) is 7.06. The molecule has 3 rings (SSSR count). The molecule has 35 heavy (non-hydrogen) atoms. The lowest BCUT2D eigenvalue weighted by Gasteiger charge is -2.32. The average molecular weight is 504 g/mol. The third kappa shape index (κ3) is 6.66. The van der Waals surface area contributed by atoms with E-state index in [-0.39, 0.29) is 24.9 Å². The highest BCUT2D eigenvalue weighted by Gasteiger charge is 2.31. The second kappa shape index (κ2) is 11.4. The Balaban J connectivity index is 1.89. The highest BCUT2D eigenvalue weighted by Crippen LogP contribution is 2.36. The maximum Gasteiger partial charge on any atom is 0.244 e. The Hall–Kier alpha value is -3.27. The van der Waals surface area contributed by atoms with Gasteiger partial charge in [-0.1, -0.05) is 37.6 Å². The lowest BCUT2D eigenvalue weighted by atomic mass is 10.1. The van der Waals surface area contributed by atoms with Crippen molar-refractivity contribution in [1.82, 2.24) is 10.2 Å². The highest BCUT2D eigenvalue weighted by atomic mass is 32.2. The number of rotatable bonds is 11. The molecule has 2 amide bonds. The van der Waals surface area contributed by atoms with Gasteiger partial charge in [-0.15, -0.1) is 0 Å². The molecule has 0 radical (unpaired) electrons. The van der Waals surface area contributed by atoms with E-state index in [1.165, 1.54) is 11.0 Å². The Morgan fingerprint density at radius 3 is 2.51 bits per heavy atom. The molecule has 1 N–H and O–H groups in total. The van der Waals surface area contributed by atoms with E-state index in [2.05, 4.69) is 5.32 Å². The molecule has 0 bridgehead atoms. The summed E-state index contributed by atoms with van der Waals surface area (Å²) < 4.78 is 37.1. The Kier molecular flexibility index (Phi) is 8.61. The minimum Gasteiger partial charge on any atom is -0.454 e. The van der Waals surface area contributed by atoms with Crippen LogP contribution in [-0.4, -0.2) is 57.3 Å². The zero-order valence-electron chi connectivity index (χ0n) is 20.6. The molecule has 10 heteroatoms. The van der Waals surface area contributed by atoms with Gasteiger partial charge in [-0.05, 0) is 43.5 Å². The predicted molar refractivity (Wildman–Crippen MR) is 134 cm³/mol. The van der Waals surface area contributed by atoms with Gasteiger partial charge in [0.25, 0.3) is 0 Å². The first-order valence-corrected chi connectivity index (χ1v) is 13.5. The van der Waals surface area contributed by atoms with Crippen molar-refractivity contribution < 1.29 is 27.5 Å². The molecular formula is C25H33N3O6S. The minimum atomic E-state index is -3.82. The van der Waals surface area contributed by atoms with Crippen LogP contribution in [0.1, 0.15) is 37.8 Å². The number of nitrogens with one attached hydrogen (secondary N) is 1. The molecule has 0 saturated heterocycles. The van der Waals surface area contributed by atoms with Crippen molar-refractivity contribution in [1.29, 1.82) is 0 Å². The van der Waals surface area contributed by atoms with Gasteiger partial charge in [-0.2, -0.15) is 0 Å².